The van der Waals surface area contributed by atoms with Crippen molar-refractivity contribution < 1.29 is 29.7 Å². The Labute approximate surface area is 182 Å². The maximum Gasteiger partial charge on any atom is 0.308 e. The summed E-state index contributed by atoms with van der Waals surface area (Å²) in [5.41, 5.74) is -1.64. The van der Waals surface area contributed by atoms with E-state index < -0.39 is 46.1 Å². The number of carbonyl (C=O) groups is 3. The second-order valence-corrected chi connectivity index (χ2v) is 11.3. The predicted octanol–water partition coefficient (Wildman–Crippen LogP) is 3.45. The number of carboxylic acids is 2. The van der Waals surface area contributed by atoms with Gasteiger partial charge in [0.05, 0.1) is 17.9 Å². The topological polar surface area (TPSA) is 112 Å². The molecule has 2 spiro atoms. The molecule has 6 rings (SSSR count). The summed E-state index contributed by atoms with van der Waals surface area (Å²) in [6.07, 6.45) is 9.16. The van der Waals surface area contributed by atoms with Gasteiger partial charge in [0.2, 0.25) is 0 Å². The van der Waals surface area contributed by atoms with Crippen molar-refractivity contribution in [3.05, 3.63) is 23.8 Å². The smallest absolute Gasteiger partial charge is 0.308 e. The van der Waals surface area contributed by atoms with Crippen LogP contribution in [-0.4, -0.2) is 39.1 Å². The molecule has 0 aromatic heterocycles. The first-order valence-electron chi connectivity index (χ1n) is 11.5. The van der Waals surface area contributed by atoms with Crippen LogP contribution in [0.2, 0.25) is 0 Å². The number of hydrogen-bond donors (Lipinski definition) is 3. The molecule has 6 nitrogen and oxygen atoms in total. The zero-order valence-corrected chi connectivity index (χ0v) is 18.4. The molecule has 0 aromatic carbocycles. The third kappa shape index (κ3) is 2.15. The van der Waals surface area contributed by atoms with Gasteiger partial charge >= 0.3 is 11.9 Å². The number of carbonyl (C=O) groups excluding carboxylic acids is 1. The highest BCUT2D eigenvalue weighted by atomic mass is 16.4. The van der Waals surface area contributed by atoms with Gasteiger partial charge in [0.1, 0.15) is 5.78 Å². The Morgan fingerprint density at radius 3 is 2.29 bits per heavy atom. The van der Waals surface area contributed by atoms with Gasteiger partial charge in [-0.2, -0.15) is 0 Å². The van der Waals surface area contributed by atoms with Gasteiger partial charge in [0, 0.05) is 16.7 Å². The Kier molecular flexibility index (Phi) is 4.11. The van der Waals surface area contributed by atoms with Crippen LogP contribution in [0.25, 0.3) is 0 Å². The maximum absolute atomic E-state index is 12.8. The van der Waals surface area contributed by atoms with E-state index >= 15 is 0 Å². The molecule has 6 aliphatic carbocycles. The van der Waals surface area contributed by atoms with E-state index in [1.165, 1.54) is 0 Å². The largest absolute Gasteiger partial charge is 0.481 e. The minimum Gasteiger partial charge on any atom is -0.481 e. The Morgan fingerprint density at radius 2 is 1.68 bits per heavy atom. The molecule has 0 amide bonds. The van der Waals surface area contributed by atoms with Gasteiger partial charge in [0.15, 0.2) is 0 Å². The van der Waals surface area contributed by atoms with Crippen LogP contribution in [0.1, 0.15) is 59.3 Å². The maximum atomic E-state index is 12.8. The third-order valence-electron chi connectivity index (χ3n) is 10.4. The Balaban J connectivity index is 1.82. The van der Waals surface area contributed by atoms with Crippen LogP contribution >= 0.6 is 0 Å². The number of carboxylic acid groups (broad SMARTS) is 2. The lowest BCUT2D eigenvalue weighted by atomic mass is 9.30. The molecule has 168 valence electrons. The van der Waals surface area contributed by atoms with E-state index in [0.29, 0.717) is 19.3 Å². The highest BCUT2D eigenvalue weighted by molar-refractivity contribution is 5.86. The van der Waals surface area contributed by atoms with Gasteiger partial charge in [-0.1, -0.05) is 37.6 Å². The summed E-state index contributed by atoms with van der Waals surface area (Å²) in [5.74, 6) is -4.47. The van der Waals surface area contributed by atoms with Crippen molar-refractivity contribution >= 4 is 17.7 Å². The monoisotopic (exact) mass is 428 g/mol. The zero-order chi connectivity index (χ0) is 22.6. The number of allylic oxidation sites excluding steroid dienone is 4. The molecule has 3 fully saturated rings. The van der Waals surface area contributed by atoms with E-state index in [1.807, 2.05) is 12.2 Å². The number of aliphatic hydroxyl groups excluding tert-OH is 1. The van der Waals surface area contributed by atoms with E-state index in [2.05, 4.69) is 19.9 Å². The first kappa shape index (κ1) is 20.9. The van der Waals surface area contributed by atoms with Crippen molar-refractivity contribution in [3.63, 3.8) is 0 Å². The molecule has 0 heterocycles. The fourth-order valence-corrected chi connectivity index (χ4v) is 9.24. The standard InChI is InChI=1S/C25H32O6/c1-13(26)15-4-5-16-22(15,2)8-7-17-23(3)9-6-14(27)12-24(23)10-11-25(16,17)19(21(30)31)18(24)20(28)29/h7,10-11,14-16,18-19,27H,4-6,8-9,12H2,1-3H3,(H,28,29)(H,30,31)/t14-,15-,16-,18+,19-,22-,23+,24-,25-/m1/s1. The lowest BCUT2D eigenvalue weighted by molar-refractivity contribution is -0.195. The average Bonchev–Trinajstić information content (AvgIpc) is 3.04. The second-order valence-electron chi connectivity index (χ2n) is 11.3. The minimum atomic E-state index is -1.11. The van der Waals surface area contributed by atoms with Crippen molar-refractivity contribution in [2.24, 2.45) is 45.3 Å². The Hall–Kier alpha value is -1.95. The molecule has 9 atom stereocenters. The molecule has 0 aliphatic heterocycles. The summed E-state index contributed by atoms with van der Waals surface area (Å²) >= 11 is 0. The molecule has 0 saturated heterocycles. The molecule has 0 unspecified atom stereocenters. The molecule has 0 aromatic rings. The molecule has 6 heteroatoms. The lowest BCUT2D eigenvalue weighted by Crippen LogP contribution is -2.70. The van der Waals surface area contributed by atoms with Crippen LogP contribution in [0, 0.1) is 45.3 Å². The fourth-order valence-electron chi connectivity index (χ4n) is 9.24. The van der Waals surface area contributed by atoms with Gasteiger partial charge in [-0.3, -0.25) is 14.4 Å². The number of Topliss-reactive ketones (excluding diaryl/α,β-unsaturated/α-hetero) is 1. The Bertz CT molecular complexity index is 950. The van der Waals surface area contributed by atoms with Gasteiger partial charge in [0.25, 0.3) is 0 Å². The van der Waals surface area contributed by atoms with Crippen molar-refractivity contribution in [2.75, 3.05) is 0 Å². The molecular formula is C25H32O6. The van der Waals surface area contributed by atoms with Crippen LogP contribution < -0.4 is 0 Å². The van der Waals surface area contributed by atoms with E-state index in [1.54, 1.807) is 6.92 Å². The van der Waals surface area contributed by atoms with Crippen LogP contribution in [-0.2, 0) is 14.4 Å². The minimum absolute atomic E-state index is 0.0879. The molecule has 31 heavy (non-hydrogen) atoms. The molecule has 3 saturated carbocycles. The number of hydrogen-bond acceptors (Lipinski definition) is 4. The number of ketones is 1. The third-order valence-corrected chi connectivity index (χ3v) is 10.4. The van der Waals surface area contributed by atoms with Gasteiger partial charge in [-0.15, -0.1) is 0 Å². The first-order valence-corrected chi connectivity index (χ1v) is 11.5. The highest BCUT2D eigenvalue weighted by Gasteiger charge is 2.77. The molecule has 3 N–H and O–H groups in total. The summed E-state index contributed by atoms with van der Waals surface area (Å²) in [5, 5.41) is 31.4. The summed E-state index contributed by atoms with van der Waals surface area (Å²) in [7, 11) is 0. The summed E-state index contributed by atoms with van der Waals surface area (Å²) in [6.45, 7) is 5.82. The van der Waals surface area contributed by atoms with Crippen LogP contribution in [0.5, 0.6) is 0 Å². The van der Waals surface area contributed by atoms with Crippen LogP contribution in [0.3, 0.4) is 0 Å². The van der Waals surface area contributed by atoms with Crippen molar-refractivity contribution in [1.29, 1.82) is 0 Å². The number of rotatable bonds is 3. The van der Waals surface area contributed by atoms with E-state index in [4.69, 9.17) is 0 Å². The molecular weight excluding hydrogens is 396 g/mol. The number of fused-ring (bicyclic) bond motifs is 2. The van der Waals surface area contributed by atoms with Crippen molar-refractivity contribution in [2.45, 2.75) is 65.4 Å². The average molecular weight is 429 g/mol. The number of aliphatic carboxylic acids is 2. The van der Waals surface area contributed by atoms with Gasteiger partial charge in [-0.25, -0.2) is 0 Å². The molecule has 2 bridgehead atoms. The molecule has 0 radical (unpaired) electrons. The fraction of sp³-hybridized carbons (Fsp3) is 0.720. The Morgan fingerprint density at radius 1 is 1.00 bits per heavy atom. The summed E-state index contributed by atoms with van der Waals surface area (Å²) < 4.78 is 0. The van der Waals surface area contributed by atoms with E-state index in [0.717, 1.165) is 18.4 Å². The van der Waals surface area contributed by atoms with Crippen LogP contribution in [0.15, 0.2) is 23.8 Å². The summed E-state index contributed by atoms with van der Waals surface area (Å²) in [6, 6.07) is 0. The summed E-state index contributed by atoms with van der Waals surface area (Å²) in [4.78, 5) is 38.0. The van der Waals surface area contributed by atoms with E-state index in [-0.39, 0.29) is 29.5 Å². The quantitative estimate of drug-likeness (QED) is 0.594. The van der Waals surface area contributed by atoms with Crippen molar-refractivity contribution in [3.8, 4) is 0 Å². The zero-order valence-electron chi connectivity index (χ0n) is 18.4. The molecule has 6 aliphatic rings. The number of aliphatic hydroxyl groups is 1. The first-order chi connectivity index (χ1) is 14.5. The van der Waals surface area contributed by atoms with Crippen molar-refractivity contribution in [1.82, 2.24) is 0 Å². The van der Waals surface area contributed by atoms with Gasteiger partial charge < -0.3 is 15.3 Å². The normalized spacial score (nSPS) is 52.0. The predicted molar refractivity (Wildman–Crippen MR) is 112 cm³/mol. The SMILES string of the molecule is CC(=O)[C@H]1CC[C@@H]2[C@]1(C)CC=C1[C@@]23C=C[C@@]2(C[C@H](O)CC[C@@]12C)[C@H](C(=O)O)[C@@H]3C(=O)O. The van der Waals surface area contributed by atoms with Gasteiger partial charge in [-0.05, 0) is 62.2 Å². The highest BCUT2D eigenvalue weighted by Crippen LogP contribution is 2.79. The second kappa shape index (κ2) is 6.09. The van der Waals surface area contributed by atoms with Crippen LogP contribution in [0.4, 0.5) is 0 Å². The van der Waals surface area contributed by atoms with E-state index in [9.17, 15) is 29.7 Å². The lowest BCUT2D eigenvalue weighted by Gasteiger charge is -2.72.